The van der Waals surface area contributed by atoms with Gasteiger partial charge in [-0.2, -0.15) is 0 Å². The molecule has 0 fully saturated rings. The molecule has 5 heteroatoms. The van der Waals surface area contributed by atoms with Gasteiger partial charge in [0.05, 0.1) is 6.54 Å². The number of hydrogen-bond acceptors (Lipinski definition) is 3. The summed E-state index contributed by atoms with van der Waals surface area (Å²) in [6, 6.07) is 6.11. The molecule has 0 saturated heterocycles. The predicted octanol–water partition coefficient (Wildman–Crippen LogP) is 1.48. The zero-order valence-corrected chi connectivity index (χ0v) is 10.5. The summed E-state index contributed by atoms with van der Waals surface area (Å²) in [7, 11) is 0. The first-order valence-electron chi connectivity index (χ1n) is 5.91. The Kier molecular flexibility index (Phi) is 5.58. The number of carbonyl (C=O) groups is 1. The van der Waals surface area contributed by atoms with Crippen molar-refractivity contribution in [3.8, 4) is 5.75 Å². The fraction of sp³-hybridized carbons (Fsp3) is 0.462. The van der Waals surface area contributed by atoms with Crippen LogP contribution in [0.3, 0.4) is 0 Å². The molecule has 2 N–H and O–H groups in total. The average molecular weight is 255 g/mol. The SMILES string of the molecule is CCC(CNC(=O)C(C)O)Oc1ccccc1F. The maximum Gasteiger partial charge on any atom is 0.248 e. The molecular formula is C13H18FNO3. The molecule has 1 aromatic carbocycles. The Hall–Kier alpha value is -1.62. The van der Waals surface area contributed by atoms with E-state index in [1.807, 2.05) is 6.92 Å². The molecule has 0 bridgehead atoms. The molecule has 2 atom stereocenters. The van der Waals surface area contributed by atoms with Gasteiger partial charge in [0.2, 0.25) is 5.91 Å². The molecule has 0 heterocycles. The van der Waals surface area contributed by atoms with Gasteiger partial charge in [0.1, 0.15) is 12.2 Å². The minimum atomic E-state index is -1.06. The molecule has 1 rings (SSSR count). The summed E-state index contributed by atoms with van der Waals surface area (Å²) in [6.45, 7) is 3.49. The quantitative estimate of drug-likeness (QED) is 0.809. The van der Waals surface area contributed by atoms with E-state index in [-0.39, 0.29) is 18.4 Å². The minimum Gasteiger partial charge on any atom is -0.486 e. The van der Waals surface area contributed by atoms with Gasteiger partial charge in [0.25, 0.3) is 0 Å². The first-order valence-corrected chi connectivity index (χ1v) is 5.91. The summed E-state index contributed by atoms with van der Waals surface area (Å²) in [6.07, 6.45) is -0.769. The van der Waals surface area contributed by atoms with Crippen LogP contribution in [0.1, 0.15) is 20.3 Å². The van der Waals surface area contributed by atoms with Crippen molar-refractivity contribution in [2.24, 2.45) is 0 Å². The molecule has 100 valence electrons. The van der Waals surface area contributed by atoms with E-state index in [0.29, 0.717) is 6.42 Å². The lowest BCUT2D eigenvalue weighted by Crippen LogP contribution is -2.39. The Morgan fingerprint density at radius 1 is 1.50 bits per heavy atom. The second-order valence-electron chi connectivity index (χ2n) is 4.00. The van der Waals surface area contributed by atoms with Crippen molar-refractivity contribution in [1.82, 2.24) is 5.32 Å². The molecule has 0 aliphatic heterocycles. The number of halogens is 1. The number of ether oxygens (including phenoxy) is 1. The first kappa shape index (κ1) is 14.4. The number of aliphatic hydroxyl groups is 1. The van der Waals surface area contributed by atoms with Gasteiger partial charge in [-0.1, -0.05) is 19.1 Å². The molecule has 0 aromatic heterocycles. The van der Waals surface area contributed by atoms with E-state index in [1.165, 1.54) is 19.1 Å². The maximum absolute atomic E-state index is 13.4. The lowest BCUT2D eigenvalue weighted by atomic mass is 10.2. The Morgan fingerprint density at radius 3 is 2.72 bits per heavy atom. The second kappa shape index (κ2) is 6.96. The third kappa shape index (κ3) is 4.33. The number of nitrogens with one attached hydrogen (secondary N) is 1. The monoisotopic (exact) mass is 255 g/mol. The molecule has 0 saturated carbocycles. The molecule has 4 nitrogen and oxygen atoms in total. The standard InChI is InChI=1S/C13H18FNO3/c1-3-10(8-15-13(17)9(2)16)18-12-7-5-4-6-11(12)14/h4-7,9-10,16H,3,8H2,1-2H3,(H,15,17). The Labute approximate surface area is 106 Å². The number of amides is 1. The van der Waals surface area contributed by atoms with Crippen molar-refractivity contribution in [1.29, 1.82) is 0 Å². The van der Waals surface area contributed by atoms with Gasteiger partial charge in [-0.25, -0.2) is 4.39 Å². The maximum atomic E-state index is 13.4. The van der Waals surface area contributed by atoms with E-state index < -0.39 is 17.8 Å². The number of hydrogen-bond donors (Lipinski definition) is 2. The number of benzene rings is 1. The van der Waals surface area contributed by atoms with Crippen LogP contribution >= 0.6 is 0 Å². The van der Waals surface area contributed by atoms with Crippen molar-refractivity contribution >= 4 is 5.91 Å². The molecule has 0 aliphatic carbocycles. The summed E-state index contributed by atoms with van der Waals surface area (Å²) in [5, 5.41) is 11.6. The number of carbonyl (C=O) groups excluding carboxylic acids is 1. The highest BCUT2D eigenvalue weighted by molar-refractivity contribution is 5.79. The average Bonchev–Trinajstić information content (AvgIpc) is 2.36. The highest BCUT2D eigenvalue weighted by Crippen LogP contribution is 2.17. The smallest absolute Gasteiger partial charge is 0.248 e. The molecule has 18 heavy (non-hydrogen) atoms. The van der Waals surface area contributed by atoms with Gasteiger partial charge < -0.3 is 15.2 Å². The van der Waals surface area contributed by atoms with E-state index >= 15 is 0 Å². The molecule has 2 unspecified atom stereocenters. The fourth-order valence-corrected chi connectivity index (χ4v) is 1.35. The van der Waals surface area contributed by atoms with Crippen LogP contribution in [-0.2, 0) is 4.79 Å². The van der Waals surface area contributed by atoms with Crippen LogP contribution in [0.2, 0.25) is 0 Å². The largest absolute Gasteiger partial charge is 0.486 e. The zero-order valence-electron chi connectivity index (χ0n) is 10.5. The summed E-state index contributed by atoms with van der Waals surface area (Å²) < 4.78 is 18.8. The highest BCUT2D eigenvalue weighted by Gasteiger charge is 2.14. The Balaban J connectivity index is 2.52. The molecule has 0 aliphatic rings. The van der Waals surface area contributed by atoms with Crippen LogP contribution in [0.15, 0.2) is 24.3 Å². The third-order valence-electron chi connectivity index (χ3n) is 2.47. The summed E-state index contributed by atoms with van der Waals surface area (Å²) >= 11 is 0. The fourth-order valence-electron chi connectivity index (χ4n) is 1.35. The van der Waals surface area contributed by atoms with Gasteiger partial charge in [-0.15, -0.1) is 0 Å². The second-order valence-corrected chi connectivity index (χ2v) is 4.00. The molecule has 0 spiro atoms. The topological polar surface area (TPSA) is 58.6 Å². The normalized spacial score (nSPS) is 13.8. The minimum absolute atomic E-state index is 0.163. The van der Waals surface area contributed by atoms with Crippen LogP contribution in [0.5, 0.6) is 5.75 Å². The van der Waals surface area contributed by atoms with Crippen molar-refractivity contribution in [3.05, 3.63) is 30.1 Å². The van der Waals surface area contributed by atoms with Crippen molar-refractivity contribution in [2.75, 3.05) is 6.54 Å². The van der Waals surface area contributed by atoms with E-state index in [2.05, 4.69) is 5.32 Å². The van der Waals surface area contributed by atoms with Gasteiger partial charge in [-0.05, 0) is 25.5 Å². The lowest BCUT2D eigenvalue weighted by molar-refractivity contribution is -0.128. The first-order chi connectivity index (χ1) is 8.54. The number of para-hydroxylation sites is 1. The lowest BCUT2D eigenvalue weighted by Gasteiger charge is -2.19. The van der Waals surface area contributed by atoms with Crippen LogP contribution in [0.4, 0.5) is 4.39 Å². The summed E-state index contributed by atoms with van der Waals surface area (Å²) in [5.74, 6) is -0.737. The van der Waals surface area contributed by atoms with Gasteiger partial charge in [0, 0.05) is 0 Å². The summed E-state index contributed by atoms with van der Waals surface area (Å²) in [4.78, 5) is 11.2. The van der Waals surface area contributed by atoms with Crippen LogP contribution in [0.25, 0.3) is 0 Å². The van der Waals surface area contributed by atoms with Crippen molar-refractivity contribution in [2.45, 2.75) is 32.5 Å². The van der Waals surface area contributed by atoms with E-state index in [9.17, 15) is 9.18 Å². The van der Waals surface area contributed by atoms with Gasteiger partial charge >= 0.3 is 0 Å². The van der Waals surface area contributed by atoms with Crippen LogP contribution in [-0.4, -0.2) is 29.8 Å². The van der Waals surface area contributed by atoms with Crippen molar-refractivity contribution in [3.63, 3.8) is 0 Å². The molecule has 1 amide bonds. The molecule has 0 radical (unpaired) electrons. The molecule has 1 aromatic rings. The predicted molar refractivity (Wildman–Crippen MR) is 65.8 cm³/mol. The number of rotatable bonds is 6. The van der Waals surface area contributed by atoms with Gasteiger partial charge in [0.15, 0.2) is 11.6 Å². The van der Waals surface area contributed by atoms with Crippen LogP contribution < -0.4 is 10.1 Å². The highest BCUT2D eigenvalue weighted by atomic mass is 19.1. The third-order valence-corrected chi connectivity index (χ3v) is 2.47. The van der Waals surface area contributed by atoms with Crippen LogP contribution in [0, 0.1) is 5.82 Å². The van der Waals surface area contributed by atoms with E-state index in [4.69, 9.17) is 9.84 Å². The number of aliphatic hydroxyl groups excluding tert-OH is 1. The van der Waals surface area contributed by atoms with E-state index in [1.54, 1.807) is 12.1 Å². The Morgan fingerprint density at radius 2 is 2.17 bits per heavy atom. The van der Waals surface area contributed by atoms with Crippen molar-refractivity contribution < 1.29 is 19.0 Å². The van der Waals surface area contributed by atoms with E-state index in [0.717, 1.165) is 0 Å². The van der Waals surface area contributed by atoms with Gasteiger partial charge in [-0.3, -0.25) is 4.79 Å². The Bertz CT molecular complexity index is 396. The summed E-state index contributed by atoms with van der Waals surface area (Å²) in [5.41, 5.74) is 0. The molecular weight excluding hydrogens is 237 g/mol. The zero-order chi connectivity index (χ0) is 13.5.